The van der Waals surface area contributed by atoms with Gasteiger partial charge in [-0.25, -0.2) is 0 Å². The molecular weight excluding hydrogens is 268 g/mol. The van der Waals surface area contributed by atoms with Crippen LogP contribution in [0.5, 0.6) is 11.5 Å². The van der Waals surface area contributed by atoms with E-state index in [9.17, 15) is 9.59 Å². The van der Waals surface area contributed by atoms with Crippen LogP contribution in [0.3, 0.4) is 0 Å². The molecule has 0 fully saturated rings. The van der Waals surface area contributed by atoms with Gasteiger partial charge in [0, 0.05) is 11.1 Å². The lowest BCUT2D eigenvalue weighted by atomic mass is 10.2. The first-order valence-electron chi connectivity index (χ1n) is 6.22. The van der Waals surface area contributed by atoms with Crippen molar-refractivity contribution in [2.75, 3.05) is 6.61 Å². The summed E-state index contributed by atoms with van der Waals surface area (Å²) in [5.74, 6) is 0.819. The van der Waals surface area contributed by atoms with Gasteiger partial charge in [0.15, 0.2) is 0 Å². The largest absolute Gasteiger partial charge is 0.508 e. The first kappa shape index (κ1) is 16.2. The van der Waals surface area contributed by atoms with E-state index in [1.807, 2.05) is 0 Å². The van der Waals surface area contributed by atoms with E-state index in [1.54, 1.807) is 42.5 Å². The molecule has 0 bridgehead atoms. The maximum Gasteiger partial charge on any atom is 0.150 e. The van der Waals surface area contributed by atoms with Gasteiger partial charge in [-0.1, -0.05) is 36.9 Å². The molecule has 1 N–H and O–H groups in total. The molecule has 0 aliphatic carbocycles. The summed E-state index contributed by atoms with van der Waals surface area (Å²) in [4.78, 5) is 20.4. The summed E-state index contributed by atoms with van der Waals surface area (Å²) >= 11 is 0. The molecule has 0 aliphatic rings. The fourth-order valence-electron chi connectivity index (χ4n) is 1.43. The van der Waals surface area contributed by atoms with Crippen molar-refractivity contribution in [1.29, 1.82) is 0 Å². The average Bonchev–Trinajstić information content (AvgIpc) is 2.53. The number of hydrogen-bond donors (Lipinski definition) is 1. The number of carbonyl (C=O) groups is 2. The summed E-state index contributed by atoms with van der Waals surface area (Å²) in [5, 5.41) is 8.79. The fraction of sp³-hybridized carbons (Fsp3) is 0.0588. The number of benzene rings is 2. The van der Waals surface area contributed by atoms with Gasteiger partial charge >= 0.3 is 0 Å². The molecular formula is C17H16O4. The number of aldehydes is 2. The number of aromatic hydroxyl groups is 1. The molecule has 2 aromatic rings. The van der Waals surface area contributed by atoms with Gasteiger partial charge < -0.3 is 9.84 Å². The quantitative estimate of drug-likeness (QED) is 0.676. The Labute approximate surface area is 123 Å². The smallest absolute Gasteiger partial charge is 0.150 e. The molecule has 0 heterocycles. The van der Waals surface area contributed by atoms with Crippen LogP contribution in [0.2, 0.25) is 0 Å². The monoisotopic (exact) mass is 284 g/mol. The fourth-order valence-corrected chi connectivity index (χ4v) is 1.43. The van der Waals surface area contributed by atoms with Crippen molar-refractivity contribution < 1.29 is 19.4 Å². The maximum absolute atomic E-state index is 10.4. The summed E-state index contributed by atoms with van der Waals surface area (Å²) in [6.45, 7) is 3.98. The molecule has 4 heteroatoms. The number of phenols is 1. The lowest BCUT2D eigenvalue weighted by molar-refractivity contribution is 0.111. The third-order valence-corrected chi connectivity index (χ3v) is 2.37. The standard InChI is InChI=1S/C10H10O2.C7H6O2/c1-2-6-12-10-5-3-4-9(7-10)8-11;8-5-6-2-1-3-7(9)4-6/h2-5,7-8H,1,6H2;1-5,9H. The second-order valence-corrected chi connectivity index (χ2v) is 4.00. The molecule has 2 rings (SSSR count). The van der Waals surface area contributed by atoms with Crippen LogP contribution < -0.4 is 4.74 Å². The Morgan fingerprint density at radius 3 is 2.14 bits per heavy atom. The van der Waals surface area contributed by atoms with E-state index in [4.69, 9.17) is 9.84 Å². The first-order valence-corrected chi connectivity index (χ1v) is 6.22. The molecule has 0 radical (unpaired) electrons. The van der Waals surface area contributed by atoms with Gasteiger partial charge in [0.2, 0.25) is 0 Å². The summed E-state index contributed by atoms with van der Waals surface area (Å²) in [6.07, 6.45) is 3.15. The highest BCUT2D eigenvalue weighted by atomic mass is 16.5. The van der Waals surface area contributed by atoms with E-state index in [2.05, 4.69) is 6.58 Å². The number of ether oxygens (including phenoxy) is 1. The van der Waals surface area contributed by atoms with Crippen LogP contribution in [0.15, 0.2) is 61.2 Å². The van der Waals surface area contributed by atoms with Crippen LogP contribution in [0.1, 0.15) is 20.7 Å². The van der Waals surface area contributed by atoms with Gasteiger partial charge in [-0.2, -0.15) is 0 Å². The SMILES string of the molecule is C=CCOc1cccc(C=O)c1.O=Cc1cccc(O)c1. The van der Waals surface area contributed by atoms with Gasteiger partial charge in [0.1, 0.15) is 30.7 Å². The van der Waals surface area contributed by atoms with Crippen LogP contribution in [-0.4, -0.2) is 24.3 Å². The minimum atomic E-state index is 0.125. The van der Waals surface area contributed by atoms with Crippen LogP contribution in [0.4, 0.5) is 0 Å². The second-order valence-electron chi connectivity index (χ2n) is 4.00. The normalized spacial score (nSPS) is 8.95. The number of phenolic OH excluding ortho intramolecular Hbond substituents is 1. The zero-order valence-corrected chi connectivity index (χ0v) is 11.4. The van der Waals surface area contributed by atoms with Crippen molar-refractivity contribution in [2.24, 2.45) is 0 Å². The molecule has 108 valence electrons. The predicted molar refractivity (Wildman–Crippen MR) is 81.0 cm³/mol. The second kappa shape index (κ2) is 9.09. The van der Waals surface area contributed by atoms with Crippen molar-refractivity contribution in [2.45, 2.75) is 0 Å². The highest BCUT2D eigenvalue weighted by Gasteiger charge is 1.93. The Morgan fingerprint density at radius 2 is 1.62 bits per heavy atom. The van der Waals surface area contributed by atoms with E-state index in [0.29, 0.717) is 29.8 Å². The molecule has 2 aromatic carbocycles. The van der Waals surface area contributed by atoms with Gasteiger partial charge in [-0.05, 0) is 24.3 Å². The minimum Gasteiger partial charge on any atom is -0.508 e. The van der Waals surface area contributed by atoms with Crippen LogP contribution >= 0.6 is 0 Å². The Balaban J connectivity index is 0.000000219. The third-order valence-electron chi connectivity index (χ3n) is 2.37. The Morgan fingerprint density at radius 1 is 1.00 bits per heavy atom. The number of rotatable bonds is 5. The summed E-state index contributed by atoms with van der Waals surface area (Å²) in [6, 6.07) is 13.2. The van der Waals surface area contributed by atoms with E-state index >= 15 is 0 Å². The lowest BCUT2D eigenvalue weighted by Gasteiger charge is -2.01. The molecule has 0 saturated heterocycles. The Kier molecular flexibility index (Phi) is 7.00. The molecule has 0 amide bonds. The molecule has 0 aliphatic heterocycles. The van der Waals surface area contributed by atoms with E-state index < -0.39 is 0 Å². The molecule has 0 atom stereocenters. The molecule has 21 heavy (non-hydrogen) atoms. The zero-order valence-electron chi connectivity index (χ0n) is 11.4. The molecule has 0 unspecified atom stereocenters. The maximum atomic E-state index is 10.4. The average molecular weight is 284 g/mol. The minimum absolute atomic E-state index is 0.125. The molecule has 0 saturated carbocycles. The van der Waals surface area contributed by atoms with Crippen molar-refractivity contribution in [1.82, 2.24) is 0 Å². The lowest BCUT2D eigenvalue weighted by Crippen LogP contribution is -1.92. The van der Waals surface area contributed by atoms with E-state index in [0.717, 1.165) is 6.29 Å². The molecule has 0 spiro atoms. The van der Waals surface area contributed by atoms with Crippen LogP contribution in [0.25, 0.3) is 0 Å². The van der Waals surface area contributed by atoms with Crippen molar-refractivity contribution in [3.8, 4) is 11.5 Å². The van der Waals surface area contributed by atoms with Crippen molar-refractivity contribution >= 4 is 12.6 Å². The van der Waals surface area contributed by atoms with Gasteiger partial charge in [0.25, 0.3) is 0 Å². The summed E-state index contributed by atoms with van der Waals surface area (Å²) in [7, 11) is 0. The Bertz CT molecular complexity index is 605. The predicted octanol–water partition coefficient (Wildman–Crippen LogP) is 3.27. The van der Waals surface area contributed by atoms with Crippen LogP contribution in [-0.2, 0) is 0 Å². The van der Waals surface area contributed by atoms with Gasteiger partial charge in [-0.15, -0.1) is 0 Å². The topological polar surface area (TPSA) is 63.6 Å². The van der Waals surface area contributed by atoms with E-state index in [1.165, 1.54) is 12.1 Å². The highest BCUT2D eigenvalue weighted by molar-refractivity contribution is 5.75. The number of hydrogen-bond acceptors (Lipinski definition) is 4. The van der Waals surface area contributed by atoms with Gasteiger partial charge in [-0.3, -0.25) is 9.59 Å². The zero-order chi connectivity index (χ0) is 15.5. The number of carbonyl (C=O) groups excluding carboxylic acids is 2. The van der Waals surface area contributed by atoms with Crippen molar-refractivity contribution in [3.63, 3.8) is 0 Å². The van der Waals surface area contributed by atoms with Crippen molar-refractivity contribution in [3.05, 3.63) is 72.3 Å². The summed E-state index contributed by atoms with van der Waals surface area (Å²) < 4.78 is 5.22. The van der Waals surface area contributed by atoms with Gasteiger partial charge in [0.05, 0.1) is 0 Å². The van der Waals surface area contributed by atoms with Crippen LogP contribution in [0, 0.1) is 0 Å². The third kappa shape index (κ3) is 6.20. The van der Waals surface area contributed by atoms with E-state index in [-0.39, 0.29) is 5.75 Å². The first-order chi connectivity index (χ1) is 10.2. The Hall–Kier alpha value is -2.88. The highest BCUT2D eigenvalue weighted by Crippen LogP contribution is 2.11. The summed E-state index contributed by atoms with van der Waals surface area (Å²) in [5.41, 5.74) is 1.12. The molecule has 4 nitrogen and oxygen atoms in total. The molecule has 0 aromatic heterocycles.